The summed E-state index contributed by atoms with van der Waals surface area (Å²) in [5.41, 5.74) is 2.05. The Balaban J connectivity index is 1.38. The summed E-state index contributed by atoms with van der Waals surface area (Å²) in [4.78, 5) is 0.420. The first-order valence-electron chi connectivity index (χ1n) is 10.1. The van der Waals surface area contributed by atoms with Gasteiger partial charge in [0.2, 0.25) is 9.84 Å². The summed E-state index contributed by atoms with van der Waals surface area (Å²) in [6.45, 7) is 0.808. The van der Waals surface area contributed by atoms with Crippen molar-refractivity contribution in [1.29, 1.82) is 0 Å². The zero-order chi connectivity index (χ0) is 23.3. The van der Waals surface area contributed by atoms with Crippen molar-refractivity contribution in [3.63, 3.8) is 0 Å². The predicted octanol–water partition coefficient (Wildman–Crippen LogP) is 7.20. The molecule has 4 rings (SSSR count). The van der Waals surface area contributed by atoms with Gasteiger partial charge in [0, 0.05) is 8.95 Å². The van der Waals surface area contributed by atoms with Gasteiger partial charge in [0.25, 0.3) is 0 Å². The molecule has 0 aliphatic heterocycles. The first-order valence-corrected chi connectivity index (χ1v) is 13.2. The van der Waals surface area contributed by atoms with E-state index in [4.69, 9.17) is 9.47 Å². The second-order valence-electron chi connectivity index (χ2n) is 7.28. The lowest BCUT2D eigenvalue weighted by Crippen LogP contribution is -2.03. The maximum atomic E-state index is 13.0. The molecule has 0 fully saturated rings. The molecule has 4 aromatic carbocycles. The third kappa shape index (κ3) is 6.25. The van der Waals surface area contributed by atoms with E-state index in [0.29, 0.717) is 24.7 Å². The number of hydrogen-bond donors (Lipinski definition) is 0. The molecule has 0 N–H and O–H groups in total. The molecule has 0 saturated heterocycles. The van der Waals surface area contributed by atoms with E-state index in [2.05, 4.69) is 31.9 Å². The summed E-state index contributed by atoms with van der Waals surface area (Å²) in [6.07, 6.45) is 0. The van der Waals surface area contributed by atoms with Crippen LogP contribution in [-0.2, 0) is 23.1 Å². The number of halogens is 2. The third-order valence-electron chi connectivity index (χ3n) is 4.91. The largest absolute Gasteiger partial charge is 0.489 e. The van der Waals surface area contributed by atoms with Crippen LogP contribution < -0.4 is 9.47 Å². The Labute approximate surface area is 210 Å². The topological polar surface area (TPSA) is 52.6 Å². The van der Waals surface area contributed by atoms with Crippen LogP contribution in [-0.4, -0.2) is 8.42 Å². The van der Waals surface area contributed by atoms with Crippen LogP contribution in [0.5, 0.6) is 11.5 Å². The average Bonchev–Trinajstić information content (AvgIpc) is 2.84. The van der Waals surface area contributed by atoms with Gasteiger partial charge in [0.05, 0.1) is 9.79 Å². The number of ether oxygens (including phenoxy) is 2. The quantitative estimate of drug-likeness (QED) is 0.219. The molecule has 4 nitrogen and oxygen atoms in total. The Hall–Kier alpha value is -2.61. The minimum atomic E-state index is -3.64. The lowest BCUT2D eigenvalue weighted by atomic mass is 10.2. The molecule has 0 aliphatic carbocycles. The molecule has 0 spiro atoms. The zero-order valence-electron chi connectivity index (χ0n) is 17.4. The van der Waals surface area contributed by atoms with Crippen LogP contribution in [0.25, 0.3) is 0 Å². The van der Waals surface area contributed by atoms with E-state index < -0.39 is 9.84 Å². The number of benzene rings is 4. The van der Waals surface area contributed by atoms with Crippen molar-refractivity contribution in [3.8, 4) is 11.5 Å². The molecule has 0 atom stereocenters. The van der Waals surface area contributed by atoms with Gasteiger partial charge in [-0.25, -0.2) is 8.42 Å². The number of rotatable bonds is 8. The fourth-order valence-electron chi connectivity index (χ4n) is 3.06. The summed E-state index contributed by atoms with van der Waals surface area (Å²) < 4.78 is 39.5. The Morgan fingerprint density at radius 3 is 1.18 bits per heavy atom. The Morgan fingerprint density at radius 2 is 0.848 bits per heavy atom. The molecule has 168 valence electrons. The smallest absolute Gasteiger partial charge is 0.206 e. The first-order chi connectivity index (χ1) is 15.9. The SMILES string of the molecule is O=S(=O)(c1ccc(OCc2ccc(Br)cc2)cc1)c1ccc(OCc2ccc(Br)cc2)cc1. The van der Waals surface area contributed by atoms with Gasteiger partial charge in [-0.1, -0.05) is 56.1 Å². The zero-order valence-corrected chi connectivity index (χ0v) is 21.4. The fraction of sp³-hybridized carbons (Fsp3) is 0.0769. The lowest BCUT2D eigenvalue weighted by Gasteiger charge is -2.10. The Morgan fingerprint density at radius 1 is 0.515 bits per heavy atom. The highest BCUT2D eigenvalue weighted by Gasteiger charge is 2.17. The standard InChI is InChI=1S/C26H20Br2O4S/c27-21-5-1-19(2-6-21)17-31-23-9-13-25(14-10-23)33(29,30)26-15-11-24(12-16-26)32-18-20-3-7-22(28)8-4-20/h1-16H,17-18H2. The second-order valence-corrected chi connectivity index (χ2v) is 11.1. The van der Waals surface area contributed by atoms with Crippen LogP contribution >= 0.6 is 31.9 Å². The Bertz CT molecular complexity index is 1200. The van der Waals surface area contributed by atoms with Gasteiger partial charge >= 0.3 is 0 Å². The fourth-order valence-corrected chi connectivity index (χ4v) is 4.85. The van der Waals surface area contributed by atoms with E-state index in [1.807, 2.05) is 48.5 Å². The van der Waals surface area contributed by atoms with Crippen molar-refractivity contribution in [2.75, 3.05) is 0 Å². The molecule has 33 heavy (non-hydrogen) atoms. The summed E-state index contributed by atoms with van der Waals surface area (Å²) in [5.74, 6) is 1.21. The van der Waals surface area contributed by atoms with Crippen molar-refractivity contribution in [1.82, 2.24) is 0 Å². The van der Waals surface area contributed by atoms with Crippen LogP contribution in [0.4, 0.5) is 0 Å². The maximum Gasteiger partial charge on any atom is 0.206 e. The minimum Gasteiger partial charge on any atom is -0.489 e. The van der Waals surface area contributed by atoms with Gasteiger partial charge < -0.3 is 9.47 Å². The van der Waals surface area contributed by atoms with E-state index in [1.165, 1.54) is 0 Å². The molecular weight excluding hydrogens is 568 g/mol. The average molecular weight is 588 g/mol. The molecule has 0 radical (unpaired) electrons. The molecule has 0 bridgehead atoms. The predicted molar refractivity (Wildman–Crippen MR) is 135 cm³/mol. The summed E-state index contributed by atoms with van der Waals surface area (Å²) in [5, 5.41) is 0. The van der Waals surface area contributed by atoms with Crippen molar-refractivity contribution in [3.05, 3.63) is 117 Å². The molecular formula is C26H20Br2O4S. The maximum absolute atomic E-state index is 13.0. The lowest BCUT2D eigenvalue weighted by molar-refractivity contribution is 0.306. The molecule has 0 aromatic heterocycles. The van der Waals surface area contributed by atoms with Gasteiger partial charge in [0.1, 0.15) is 24.7 Å². The van der Waals surface area contributed by atoms with E-state index in [1.54, 1.807) is 48.5 Å². The summed E-state index contributed by atoms with van der Waals surface area (Å²) >= 11 is 6.81. The second kappa shape index (κ2) is 10.5. The molecule has 4 aromatic rings. The highest BCUT2D eigenvalue weighted by atomic mass is 79.9. The molecule has 7 heteroatoms. The number of sulfone groups is 1. The van der Waals surface area contributed by atoms with Crippen molar-refractivity contribution in [2.45, 2.75) is 23.0 Å². The molecule has 0 amide bonds. The molecule has 0 unspecified atom stereocenters. The summed E-state index contributed by atoms with van der Waals surface area (Å²) in [7, 11) is -3.64. The van der Waals surface area contributed by atoms with Crippen LogP contribution in [0, 0.1) is 0 Å². The van der Waals surface area contributed by atoms with Gasteiger partial charge in [-0.2, -0.15) is 0 Å². The first kappa shape index (κ1) is 23.5. The van der Waals surface area contributed by atoms with Gasteiger partial charge in [-0.15, -0.1) is 0 Å². The van der Waals surface area contributed by atoms with Gasteiger partial charge in [-0.3, -0.25) is 0 Å². The van der Waals surface area contributed by atoms with Gasteiger partial charge in [0.15, 0.2) is 0 Å². The molecule has 0 aliphatic rings. The van der Waals surface area contributed by atoms with Gasteiger partial charge in [-0.05, 0) is 83.9 Å². The van der Waals surface area contributed by atoms with E-state index >= 15 is 0 Å². The van der Waals surface area contributed by atoms with Crippen molar-refractivity contribution >= 4 is 41.7 Å². The van der Waals surface area contributed by atoms with Crippen LogP contribution in [0.3, 0.4) is 0 Å². The Kier molecular flexibility index (Phi) is 7.53. The van der Waals surface area contributed by atoms with Crippen molar-refractivity contribution < 1.29 is 17.9 Å². The highest BCUT2D eigenvalue weighted by Crippen LogP contribution is 2.26. The monoisotopic (exact) mass is 586 g/mol. The van der Waals surface area contributed by atoms with E-state index in [9.17, 15) is 8.42 Å². The highest BCUT2D eigenvalue weighted by molar-refractivity contribution is 9.10. The van der Waals surface area contributed by atoms with Crippen LogP contribution in [0.1, 0.15) is 11.1 Å². The number of hydrogen-bond acceptors (Lipinski definition) is 4. The van der Waals surface area contributed by atoms with E-state index in [0.717, 1.165) is 20.1 Å². The van der Waals surface area contributed by atoms with E-state index in [-0.39, 0.29) is 9.79 Å². The van der Waals surface area contributed by atoms with Crippen molar-refractivity contribution in [2.24, 2.45) is 0 Å². The minimum absolute atomic E-state index is 0.210. The third-order valence-corrected chi connectivity index (χ3v) is 7.75. The van der Waals surface area contributed by atoms with Crippen LogP contribution in [0.15, 0.2) is 116 Å². The normalized spacial score (nSPS) is 11.2. The molecule has 0 heterocycles. The van der Waals surface area contributed by atoms with Crippen LogP contribution in [0.2, 0.25) is 0 Å². The molecule has 0 saturated carbocycles. The summed E-state index contributed by atoms with van der Waals surface area (Å²) in [6, 6.07) is 28.6.